The van der Waals surface area contributed by atoms with E-state index in [1.54, 1.807) is 34.6 Å². The first-order valence-corrected chi connectivity index (χ1v) is 10.9. The van der Waals surface area contributed by atoms with E-state index in [0.29, 0.717) is 35.8 Å². The summed E-state index contributed by atoms with van der Waals surface area (Å²) in [6, 6.07) is -0.625. The number of likely N-dealkylation sites (tertiary alicyclic amines) is 1. The molecule has 0 aliphatic carbocycles. The minimum atomic E-state index is -0.625. The summed E-state index contributed by atoms with van der Waals surface area (Å²) < 4.78 is 5.24. The number of alkyl carbamates (subject to hydrolysis) is 1. The summed E-state index contributed by atoms with van der Waals surface area (Å²) in [4.78, 5) is 34.9. The van der Waals surface area contributed by atoms with Crippen LogP contribution in [0.5, 0.6) is 0 Å². The van der Waals surface area contributed by atoms with Crippen LogP contribution in [-0.2, 0) is 16.0 Å². The number of nitrogens with one attached hydrogen (secondary N) is 1. The molecular weight excluding hydrogens is 406 g/mol. The third-order valence-electron chi connectivity index (χ3n) is 5.17. The lowest BCUT2D eigenvalue weighted by Gasteiger charge is -2.26. The van der Waals surface area contributed by atoms with Crippen LogP contribution in [0.25, 0.3) is 0 Å². The molecule has 9 heteroatoms. The van der Waals surface area contributed by atoms with Crippen LogP contribution in [0.3, 0.4) is 0 Å². The second-order valence-corrected chi connectivity index (χ2v) is 9.31. The van der Waals surface area contributed by atoms with E-state index in [2.05, 4.69) is 15.3 Å². The Hall–Kier alpha value is -2.09. The number of hydrogen-bond acceptors (Lipinski definition) is 6. The van der Waals surface area contributed by atoms with Crippen LogP contribution in [0.15, 0.2) is 0 Å². The van der Waals surface area contributed by atoms with Crippen LogP contribution in [0.1, 0.15) is 64.8 Å². The molecule has 3 N–H and O–H groups in total. The lowest BCUT2D eigenvalue weighted by Crippen LogP contribution is -2.48. The number of hydrogen-bond donors (Lipinski definition) is 2. The quantitative estimate of drug-likeness (QED) is 0.679. The van der Waals surface area contributed by atoms with Gasteiger partial charge in [-0.3, -0.25) is 4.79 Å². The summed E-state index contributed by atoms with van der Waals surface area (Å²) in [5.74, 6) is 1.40. The Labute approximate surface area is 183 Å². The number of anilines is 1. The standard InChI is InChI=1S/C21H34ClN5O3/c1-13(24-20(29)30-21(3,4)5)19(28)27-11-6-7-15(10-12-27)8-9-16-17(22)25-14(2)26-18(16)23/h13,15H,6-12H2,1-5H3,(H,24,29)(H2,23,25,26)/t13-,15+/m0/s1. The van der Waals surface area contributed by atoms with Gasteiger partial charge in [-0.05, 0) is 72.6 Å². The smallest absolute Gasteiger partial charge is 0.408 e. The van der Waals surface area contributed by atoms with Gasteiger partial charge in [0.05, 0.1) is 0 Å². The van der Waals surface area contributed by atoms with E-state index in [1.807, 2.05) is 4.90 Å². The number of nitrogen functional groups attached to an aromatic ring is 1. The van der Waals surface area contributed by atoms with Crippen molar-refractivity contribution in [1.29, 1.82) is 0 Å². The summed E-state index contributed by atoms with van der Waals surface area (Å²) in [7, 11) is 0. The lowest BCUT2D eigenvalue weighted by molar-refractivity contribution is -0.133. The maximum Gasteiger partial charge on any atom is 0.408 e. The van der Waals surface area contributed by atoms with E-state index >= 15 is 0 Å². The molecule has 0 aromatic carbocycles. The van der Waals surface area contributed by atoms with Crippen LogP contribution < -0.4 is 11.1 Å². The van der Waals surface area contributed by atoms with Gasteiger partial charge in [0.25, 0.3) is 0 Å². The van der Waals surface area contributed by atoms with Gasteiger partial charge in [0.2, 0.25) is 5.91 Å². The van der Waals surface area contributed by atoms with E-state index in [1.165, 1.54) is 0 Å². The van der Waals surface area contributed by atoms with Gasteiger partial charge in [0.15, 0.2) is 0 Å². The summed E-state index contributed by atoms with van der Waals surface area (Å²) >= 11 is 6.24. The number of nitrogens with zero attached hydrogens (tertiary/aromatic N) is 3. The third kappa shape index (κ3) is 7.31. The molecule has 8 nitrogen and oxygen atoms in total. The Morgan fingerprint density at radius 1 is 1.30 bits per heavy atom. The molecule has 1 aromatic heterocycles. The number of carbonyl (C=O) groups excluding carboxylic acids is 2. The number of rotatable bonds is 5. The van der Waals surface area contributed by atoms with E-state index in [0.717, 1.165) is 37.7 Å². The topological polar surface area (TPSA) is 110 Å². The predicted octanol–water partition coefficient (Wildman–Crippen LogP) is 3.50. The molecular formula is C21H34ClN5O3. The fourth-order valence-corrected chi connectivity index (χ4v) is 3.97. The zero-order valence-corrected chi connectivity index (χ0v) is 19.4. The molecule has 1 aliphatic heterocycles. The average Bonchev–Trinajstić information content (AvgIpc) is 2.84. The van der Waals surface area contributed by atoms with Crippen molar-refractivity contribution in [2.45, 2.75) is 78.4 Å². The van der Waals surface area contributed by atoms with Crippen LogP contribution in [0, 0.1) is 12.8 Å². The number of nitrogens with two attached hydrogens (primary N) is 1. The van der Waals surface area contributed by atoms with Crippen molar-refractivity contribution in [2.75, 3.05) is 18.8 Å². The number of aromatic nitrogens is 2. The number of halogens is 1. The van der Waals surface area contributed by atoms with Gasteiger partial charge in [-0.15, -0.1) is 0 Å². The van der Waals surface area contributed by atoms with Gasteiger partial charge in [0.1, 0.15) is 28.4 Å². The first-order chi connectivity index (χ1) is 14.0. The highest BCUT2D eigenvalue weighted by Crippen LogP contribution is 2.27. The second-order valence-electron chi connectivity index (χ2n) is 8.95. The molecule has 1 aromatic rings. The molecule has 0 spiro atoms. The van der Waals surface area contributed by atoms with Crippen molar-refractivity contribution in [3.63, 3.8) is 0 Å². The average molecular weight is 440 g/mol. The summed E-state index contributed by atoms with van der Waals surface area (Å²) in [5.41, 5.74) is 6.21. The number of carbonyl (C=O) groups is 2. The molecule has 2 rings (SSSR count). The molecule has 0 radical (unpaired) electrons. The van der Waals surface area contributed by atoms with E-state index < -0.39 is 17.7 Å². The Kier molecular flexibility index (Phi) is 8.29. The van der Waals surface area contributed by atoms with Crippen molar-refractivity contribution in [3.05, 3.63) is 16.5 Å². The number of aryl methyl sites for hydroxylation is 1. The molecule has 2 heterocycles. The highest BCUT2D eigenvalue weighted by molar-refractivity contribution is 6.30. The Balaban J connectivity index is 1.85. The van der Waals surface area contributed by atoms with E-state index in [4.69, 9.17) is 22.1 Å². The molecule has 2 atom stereocenters. The Morgan fingerprint density at radius 2 is 2.00 bits per heavy atom. The van der Waals surface area contributed by atoms with Crippen LogP contribution in [0.2, 0.25) is 5.15 Å². The summed E-state index contributed by atoms with van der Waals surface area (Å²) in [6.45, 7) is 10.2. The molecule has 0 bridgehead atoms. The van der Waals surface area contributed by atoms with E-state index in [-0.39, 0.29) is 5.91 Å². The van der Waals surface area contributed by atoms with Crippen molar-refractivity contribution >= 4 is 29.4 Å². The van der Waals surface area contributed by atoms with Crippen LogP contribution >= 0.6 is 11.6 Å². The van der Waals surface area contributed by atoms with Crippen molar-refractivity contribution in [1.82, 2.24) is 20.2 Å². The summed E-state index contributed by atoms with van der Waals surface area (Å²) in [5, 5.41) is 3.06. The molecule has 0 unspecified atom stereocenters. The highest BCUT2D eigenvalue weighted by atomic mass is 35.5. The Bertz CT molecular complexity index is 742. The zero-order chi connectivity index (χ0) is 22.5. The molecule has 168 valence electrons. The maximum absolute atomic E-state index is 12.8. The molecule has 1 aliphatic rings. The fourth-order valence-electron chi connectivity index (χ4n) is 3.66. The number of ether oxygens (including phenoxy) is 1. The largest absolute Gasteiger partial charge is 0.444 e. The highest BCUT2D eigenvalue weighted by Gasteiger charge is 2.27. The molecule has 1 fully saturated rings. The third-order valence-corrected chi connectivity index (χ3v) is 5.48. The van der Waals surface area contributed by atoms with Gasteiger partial charge >= 0.3 is 6.09 Å². The number of amides is 2. The van der Waals surface area contributed by atoms with Crippen LogP contribution in [0.4, 0.5) is 10.6 Å². The van der Waals surface area contributed by atoms with Crippen molar-refractivity contribution in [2.24, 2.45) is 5.92 Å². The van der Waals surface area contributed by atoms with Gasteiger partial charge in [-0.1, -0.05) is 11.6 Å². The predicted molar refractivity (Wildman–Crippen MR) is 117 cm³/mol. The molecule has 2 amide bonds. The SMILES string of the molecule is Cc1nc(N)c(CC[C@H]2CCCN(C(=O)[C@H](C)NC(=O)OC(C)(C)C)CC2)c(Cl)n1. The molecule has 0 saturated carbocycles. The van der Waals surface area contributed by atoms with Gasteiger partial charge in [0, 0.05) is 18.7 Å². The molecule has 30 heavy (non-hydrogen) atoms. The summed E-state index contributed by atoms with van der Waals surface area (Å²) in [6.07, 6.45) is 3.91. The zero-order valence-electron chi connectivity index (χ0n) is 18.6. The van der Waals surface area contributed by atoms with Gasteiger partial charge < -0.3 is 20.7 Å². The first kappa shape index (κ1) is 24.2. The van der Waals surface area contributed by atoms with Crippen molar-refractivity contribution < 1.29 is 14.3 Å². The van der Waals surface area contributed by atoms with Crippen LogP contribution in [-0.4, -0.2) is 51.6 Å². The van der Waals surface area contributed by atoms with Crippen molar-refractivity contribution in [3.8, 4) is 0 Å². The minimum Gasteiger partial charge on any atom is -0.444 e. The maximum atomic E-state index is 12.8. The molecule has 1 saturated heterocycles. The fraction of sp³-hybridized carbons (Fsp3) is 0.714. The Morgan fingerprint density at radius 3 is 2.63 bits per heavy atom. The second kappa shape index (κ2) is 10.3. The minimum absolute atomic E-state index is 0.0827. The monoisotopic (exact) mass is 439 g/mol. The lowest BCUT2D eigenvalue weighted by atomic mass is 9.93. The normalized spacial score (nSPS) is 18.5. The van der Waals surface area contributed by atoms with Gasteiger partial charge in [-0.25, -0.2) is 14.8 Å². The first-order valence-electron chi connectivity index (χ1n) is 10.5. The van der Waals surface area contributed by atoms with E-state index in [9.17, 15) is 9.59 Å². The van der Waals surface area contributed by atoms with Gasteiger partial charge in [-0.2, -0.15) is 0 Å².